The minimum atomic E-state index is -0.259. The largest absolute Gasteiger partial charge is 0.484 e. The number of Topliss-reactive ketones (excluding diaryl/α,β-unsaturated/α-hetero) is 1. The van der Waals surface area contributed by atoms with Crippen LogP contribution in [-0.2, 0) is 4.79 Å². The Morgan fingerprint density at radius 3 is 2.23 bits per heavy atom. The molecule has 1 N–H and O–H groups in total. The minimum absolute atomic E-state index is 0.00972. The number of amides is 1. The van der Waals surface area contributed by atoms with E-state index in [0.717, 1.165) is 11.1 Å². The van der Waals surface area contributed by atoms with Crippen molar-refractivity contribution in [2.75, 3.05) is 11.9 Å². The molecule has 0 unspecified atom stereocenters. The molecule has 3 aromatic carbocycles. The quantitative estimate of drug-likeness (QED) is 0.666. The Balaban J connectivity index is 1.58. The fourth-order valence-corrected chi connectivity index (χ4v) is 2.53. The van der Waals surface area contributed by atoms with Crippen LogP contribution in [0.5, 0.6) is 5.75 Å². The van der Waals surface area contributed by atoms with Crippen LogP contribution < -0.4 is 10.1 Å². The van der Waals surface area contributed by atoms with Crippen molar-refractivity contribution in [1.29, 1.82) is 0 Å². The Morgan fingerprint density at radius 2 is 1.54 bits per heavy atom. The normalized spacial score (nSPS) is 10.2. The first-order valence-electron chi connectivity index (χ1n) is 8.31. The number of nitrogens with one attached hydrogen (secondary N) is 1. The average Bonchev–Trinajstić information content (AvgIpc) is 2.68. The van der Waals surface area contributed by atoms with E-state index in [2.05, 4.69) is 5.32 Å². The topological polar surface area (TPSA) is 55.4 Å². The van der Waals surface area contributed by atoms with Crippen LogP contribution in [0.1, 0.15) is 17.3 Å². The molecule has 26 heavy (non-hydrogen) atoms. The maximum absolute atomic E-state index is 12.1. The van der Waals surface area contributed by atoms with E-state index in [-0.39, 0.29) is 18.3 Å². The predicted octanol–water partition coefficient (Wildman–Crippen LogP) is 4.57. The summed E-state index contributed by atoms with van der Waals surface area (Å²) in [6, 6.07) is 24.4. The summed E-state index contributed by atoms with van der Waals surface area (Å²) < 4.78 is 5.60. The molecule has 3 aromatic rings. The smallest absolute Gasteiger partial charge is 0.262 e. The molecule has 0 fully saturated rings. The van der Waals surface area contributed by atoms with Gasteiger partial charge < -0.3 is 10.1 Å². The molecule has 0 heterocycles. The van der Waals surface area contributed by atoms with Crippen LogP contribution in [0.15, 0.2) is 78.9 Å². The molecule has 4 heteroatoms. The van der Waals surface area contributed by atoms with Gasteiger partial charge in [-0.1, -0.05) is 42.5 Å². The van der Waals surface area contributed by atoms with Gasteiger partial charge in [-0.2, -0.15) is 0 Å². The first kappa shape index (κ1) is 17.4. The highest BCUT2D eigenvalue weighted by atomic mass is 16.5. The molecular formula is C22H19NO3. The number of ether oxygens (including phenoxy) is 1. The first-order chi connectivity index (χ1) is 12.6. The number of hydrogen-bond acceptors (Lipinski definition) is 3. The summed E-state index contributed by atoms with van der Waals surface area (Å²) in [4.78, 5) is 23.3. The number of carbonyl (C=O) groups is 2. The summed E-state index contributed by atoms with van der Waals surface area (Å²) in [6.45, 7) is 1.41. The third kappa shape index (κ3) is 4.57. The number of anilines is 1. The van der Waals surface area contributed by atoms with Crippen molar-refractivity contribution < 1.29 is 14.3 Å². The molecule has 0 radical (unpaired) electrons. The van der Waals surface area contributed by atoms with Crippen molar-refractivity contribution in [2.45, 2.75) is 6.92 Å². The van der Waals surface area contributed by atoms with Crippen LogP contribution in [0.4, 0.5) is 5.69 Å². The zero-order chi connectivity index (χ0) is 18.4. The predicted molar refractivity (Wildman–Crippen MR) is 102 cm³/mol. The number of rotatable bonds is 6. The molecule has 0 saturated carbocycles. The highest BCUT2D eigenvalue weighted by molar-refractivity contribution is 5.95. The van der Waals surface area contributed by atoms with Crippen LogP contribution in [-0.4, -0.2) is 18.3 Å². The molecule has 1 amide bonds. The summed E-state index contributed by atoms with van der Waals surface area (Å²) >= 11 is 0. The molecule has 0 aliphatic rings. The van der Waals surface area contributed by atoms with Crippen LogP contribution in [0, 0.1) is 0 Å². The minimum Gasteiger partial charge on any atom is -0.484 e. The second-order valence-electron chi connectivity index (χ2n) is 5.86. The van der Waals surface area contributed by atoms with Gasteiger partial charge in [-0.25, -0.2) is 0 Å². The molecule has 0 aliphatic heterocycles. The van der Waals surface area contributed by atoms with Crippen molar-refractivity contribution in [3.8, 4) is 16.9 Å². The van der Waals surface area contributed by atoms with Crippen molar-refractivity contribution in [3.63, 3.8) is 0 Å². The fraction of sp³-hybridized carbons (Fsp3) is 0.0909. The van der Waals surface area contributed by atoms with E-state index in [4.69, 9.17) is 4.74 Å². The van der Waals surface area contributed by atoms with Crippen LogP contribution in [0.25, 0.3) is 11.1 Å². The average molecular weight is 345 g/mol. The van der Waals surface area contributed by atoms with Gasteiger partial charge in [0, 0.05) is 11.3 Å². The third-order valence-electron chi connectivity index (χ3n) is 3.89. The maximum atomic E-state index is 12.1. The summed E-state index contributed by atoms with van der Waals surface area (Å²) in [6.07, 6.45) is 0. The summed E-state index contributed by atoms with van der Waals surface area (Å²) in [5.41, 5.74) is 3.36. The summed E-state index contributed by atoms with van der Waals surface area (Å²) in [5.74, 6) is 0.364. The van der Waals surface area contributed by atoms with E-state index in [1.54, 1.807) is 24.3 Å². The van der Waals surface area contributed by atoms with Gasteiger partial charge in [0.2, 0.25) is 0 Å². The van der Waals surface area contributed by atoms with Gasteiger partial charge >= 0.3 is 0 Å². The molecule has 130 valence electrons. The molecular weight excluding hydrogens is 326 g/mol. The number of ketones is 1. The summed E-state index contributed by atoms with van der Waals surface area (Å²) in [7, 11) is 0. The van der Waals surface area contributed by atoms with Crippen LogP contribution >= 0.6 is 0 Å². The van der Waals surface area contributed by atoms with E-state index in [9.17, 15) is 9.59 Å². The number of benzene rings is 3. The number of hydrogen-bond donors (Lipinski definition) is 1. The van der Waals surface area contributed by atoms with E-state index in [1.807, 2.05) is 54.6 Å². The standard InChI is InChI=1S/C22H19NO3/c1-16(24)17-10-12-20(13-11-17)23-22(25)15-26-21-9-5-8-19(14-21)18-6-3-2-4-7-18/h2-14H,15H2,1H3,(H,23,25). The van der Waals surface area contributed by atoms with Gasteiger partial charge in [0.1, 0.15) is 5.75 Å². The molecule has 0 aliphatic carbocycles. The first-order valence-corrected chi connectivity index (χ1v) is 8.31. The van der Waals surface area contributed by atoms with Crippen molar-refractivity contribution in [3.05, 3.63) is 84.4 Å². The molecule has 4 nitrogen and oxygen atoms in total. The Labute approximate surface area is 152 Å². The van der Waals surface area contributed by atoms with Gasteiger partial charge in [-0.15, -0.1) is 0 Å². The molecule has 0 atom stereocenters. The molecule has 0 aromatic heterocycles. The summed E-state index contributed by atoms with van der Waals surface area (Å²) in [5, 5.41) is 2.75. The fourth-order valence-electron chi connectivity index (χ4n) is 2.53. The van der Waals surface area contributed by atoms with Gasteiger partial charge in [0.25, 0.3) is 5.91 Å². The Kier molecular flexibility index (Phi) is 5.44. The lowest BCUT2D eigenvalue weighted by Gasteiger charge is -2.09. The maximum Gasteiger partial charge on any atom is 0.262 e. The van der Waals surface area contributed by atoms with Gasteiger partial charge in [-0.3, -0.25) is 9.59 Å². The van der Waals surface area contributed by atoms with E-state index < -0.39 is 0 Å². The number of carbonyl (C=O) groups excluding carboxylic acids is 2. The van der Waals surface area contributed by atoms with E-state index in [1.165, 1.54) is 6.92 Å². The van der Waals surface area contributed by atoms with Crippen molar-refractivity contribution >= 4 is 17.4 Å². The molecule has 0 saturated heterocycles. The zero-order valence-electron chi connectivity index (χ0n) is 14.4. The lowest BCUT2D eigenvalue weighted by Crippen LogP contribution is -2.20. The van der Waals surface area contributed by atoms with Crippen LogP contribution in [0.3, 0.4) is 0 Å². The van der Waals surface area contributed by atoms with Gasteiger partial charge in [0.15, 0.2) is 12.4 Å². The Hall–Kier alpha value is -3.40. The van der Waals surface area contributed by atoms with Gasteiger partial charge in [0.05, 0.1) is 0 Å². The Bertz CT molecular complexity index is 902. The van der Waals surface area contributed by atoms with Crippen LogP contribution in [0.2, 0.25) is 0 Å². The van der Waals surface area contributed by atoms with Gasteiger partial charge in [-0.05, 0) is 54.4 Å². The van der Waals surface area contributed by atoms with Crippen molar-refractivity contribution in [2.24, 2.45) is 0 Å². The Morgan fingerprint density at radius 1 is 0.846 bits per heavy atom. The molecule has 3 rings (SSSR count). The molecule has 0 spiro atoms. The monoisotopic (exact) mass is 345 g/mol. The third-order valence-corrected chi connectivity index (χ3v) is 3.89. The van der Waals surface area contributed by atoms with E-state index in [0.29, 0.717) is 17.0 Å². The van der Waals surface area contributed by atoms with Crippen molar-refractivity contribution in [1.82, 2.24) is 0 Å². The SMILES string of the molecule is CC(=O)c1ccc(NC(=O)COc2cccc(-c3ccccc3)c2)cc1. The molecule has 0 bridgehead atoms. The zero-order valence-corrected chi connectivity index (χ0v) is 14.4. The highest BCUT2D eigenvalue weighted by Crippen LogP contribution is 2.23. The lowest BCUT2D eigenvalue weighted by molar-refractivity contribution is -0.118. The van der Waals surface area contributed by atoms with E-state index >= 15 is 0 Å². The second-order valence-corrected chi connectivity index (χ2v) is 5.86. The highest BCUT2D eigenvalue weighted by Gasteiger charge is 2.06. The second kappa shape index (κ2) is 8.12. The lowest BCUT2D eigenvalue weighted by atomic mass is 10.1.